The van der Waals surface area contributed by atoms with Crippen molar-refractivity contribution >= 4 is 34.1 Å². The highest BCUT2D eigenvalue weighted by Gasteiger charge is 2.35. The van der Waals surface area contributed by atoms with Gasteiger partial charge in [0.15, 0.2) is 5.78 Å². The molecule has 1 N–H and O–H groups in total. The summed E-state index contributed by atoms with van der Waals surface area (Å²) in [5.41, 5.74) is 0.829. The predicted molar refractivity (Wildman–Crippen MR) is 78.4 cm³/mol. The average molecular weight is 305 g/mol. The summed E-state index contributed by atoms with van der Waals surface area (Å²) >= 11 is 6.26. The maximum absolute atomic E-state index is 11.9. The summed E-state index contributed by atoms with van der Waals surface area (Å²) in [6.45, 7) is -0.0975. The molecule has 2 atom stereocenters. The topological polar surface area (TPSA) is 63.6 Å². The van der Waals surface area contributed by atoms with Crippen LogP contribution in [0.3, 0.4) is 0 Å². The molecule has 108 valence electrons. The fourth-order valence-corrected chi connectivity index (χ4v) is 2.98. The Bertz CT molecular complexity index is 720. The average Bonchev–Trinajstić information content (AvgIpc) is 2.46. The summed E-state index contributed by atoms with van der Waals surface area (Å²) in [6, 6.07) is 11.3. The van der Waals surface area contributed by atoms with E-state index in [9.17, 15) is 9.59 Å². The first-order valence-corrected chi connectivity index (χ1v) is 7.00. The van der Waals surface area contributed by atoms with Crippen LogP contribution < -0.4 is 0 Å². The van der Waals surface area contributed by atoms with E-state index in [1.807, 2.05) is 30.3 Å². The molecule has 2 unspecified atom stereocenters. The Hall–Kier alpha value is -1.91. The molecule has 1 saturated heterocycles. The van der Waals surface area contributed by atoms with Gasteiger partial charge in [-0.25, -0.2) is 0 Å². The molecule has 0 amide bonds. The van der Waals surface area contributed by atoms with Crippen molar-refractivity contribution in [3.63, 3.8) is 0 Å². The van der Waals surface area contributed by atoms with Crippen LogP contribution in [0.4, 0.5) is 0 Å². The van der Waals surface area contributed by atoms with Crippen molar-refractivity contribution in [2.45, 2.75) is 12.5 Å². The lowest BCUT2D eigenvalue weighted by Crippen LogP contribution is -2.35. The monoisotopic (exact) mass is 304 g/mol. The molecule has 0 aromatic heterocycles. The Labute approximate surface area is 126 Å². The van der Waals surface area contributed by atoms with Crippen LogP contribution in [0.25, 0.3) is 10.8 Å². The number of ether oxygens (including phenoxy) is 1. The number of Topliss-reactive ketones (excluding diaryl/α,β-unsaturated/α-hetero) is 1. The lowest BCUT2D eigenvalue weighted by atomic mass is 9.91. The van der Waals surface area contributed by atoms with E-state index in [4.69, 9.17) is 21.4 Å². The number of hydrogen-bond donors (Lipinski definition) is 1. The van der Waals surface area contributed by atoms with Gasteiger partial charge in [0.2, 0.25) is 0 Å². The van der Waals surface area contributed by atoms with Gasteiger partial charge < -0.3 is 9.84 Å². The lowest BCUT2D eigenvalue weighted by Gasteiger charge is -2.27. The van der Waals surface area contributed by atoms with E-state index in [0.29, 0.717) is 5.02 Å². The van der Waals surface area contributed by atoms with Gasteiger partial charge >= 0.3 is 5.97 Å². The van der Waals surface area contributed by atoms with Gasteiger partial charge in [0.05, 0.1) is 12.7 Å². The smallest absolute Gasteiger partial charge is 0.316 e. The Kier molecular flexibility index (Phi) is 3.66. The number of fused-ring (bicyclic) bond motifs is 1. The number of carboxylic acid groups (broad SMARTS) is 1. The minimum atomic E-state index is -1.13. The molecule has 2 aromatic carbocycles. The summed E-state index contributed by atoms with van der Waals surface area (Å²) in [4.78, 5) is 22.9. The van der Waals surface area contributed by atoms with E-state index < -0.39 is 18.0 Å². The molecule has 1 aliphatic rings. The van der Waals surface area contributed by atoms with Gasteiger partial charge in [-0.1, -0.05) is 41.9 Å². The number of aliphatic carboxylic acids is 1. The van der Waals surface area contributed by atoms with Crippen LogP contribution in [-0.2, 0) is 14.3 Å². The Morgan fingerprint density at radius 1 is 1.24 bits per heavy atom. The fraction of sp³-hybridized carbons (Fsp3) is 0.250. The van der Waals surface area contributed by atoms with Crippen LogP contribution in [0.15, 0.2) is 36.4 Å². The van der Waals surface area contributed by atoms with E-state index >= 15 is 0 Å². The maximum Gasteiger partial charge on any atom is 0.316 e. The molecule has 0 aliphatic carbocycles. The summed E-state index contributed by atoms with van der Waals surface area (Å²) in [5, 5.41) is 11.4. The second kappa shape index (κ2) is 5.47. The van der Waals surface area contributed by atoms with Gasteiger partial charge in [-0.3, -0.25) is 9.59 Å². The number of halogens is 1. The summed E-state index contributed by atoms with van der Waals surface area (Å²) in [6.07, 6.45) is -0.391. The van der Waals surface area contributed by atoms with Crippen LogP contribution in [0, 0.1) is 5.92 Å². The van der Waals surface area contributed by atoms with Crippen molar-refractivity contribution < 1.29 is 19.4 Å². The number of ketones is 1. The van der Waals surface area contributed by atoms with Crippen LogP contribution in [0.2, 0.25) is 5.02 Å². The third kappa shape index (κ3) is 2.52. The second-order valence-corrected chi connectivity index (χ2v) is 5.48. The second-order valence-electron chi connectivity index (χ2n) is 5.07. The minimum absolute atomic E-state index is 0.0568. The van der Waals surface area contributed by atoms with E-state index in [0.717, 1.165) is 16.3 Å². The van der Waals surface area contributed by atoms with E-state index in [-0.39, 0.29) is 18.8 Å². The highest BCUT2D eigenvalue weighted by Crippen LogP contribution is 2.36. The molecule has 1 heterocycles. The zero-order valence-corrected chi connectivity index (χ0v) is 11.8. The van der Waals surface area contributed by atoms with Gasteiger partial charge in [-0.05, 0) is 17.0 Å². The molecule has 1 aliphatic heterocycles. The van der Waals surface area contributed by atoms with Gasteiger partial charge in [0.25, 0.3) is 0 Å². The van der Waals surface area contributed by atoms with Crippen LogP contribution in [0.5, 0.6) is 0 Å². The first kappa shape index (κ1) is 14.0. The fourth-order valence-electron chi connectivity index (χ4n) is 2.69. The molecule has 2 aromatic rings. The van der Waals surface area contributed by atoms with Crippen molar-refractivity contribution in [3.8, 4) is 0 Å². The number of rotatable bonds is 2. The van der Waals surface area contributed by atoms with E-state index in [1.165, 1.54) is 0 Å². The number of hydrogen-bond acceptors (Lipinski definition) is 3. The predicted octanol–water partition coefficient (Wildman–Crippen LogP) is 3.22. The van der Waals surface area contributed by atoms with Gasteiger partial charge in [0, 0.05) is 16.8 Å². The van der Waals surface area contributed by atoms with E-state index in [2.05, 4.69) is 0 Å². The third-order valence-corrected chi connectivity index (χ3v) is 4.09. The lowest BCUT2D eigenvalue weighted by molar-refractivity contribution is -0.155. The van der Waals surface area contributed by atoms with Crippen LogP contribution >= 0.6 is 11.6 Å². The normalized spacial score (nSPS) is 22.4. The highest BCUT2D eigenvalue weighted by atomic mass is 35.5. The zero-order valence-electron chi connectivity index (χ0n) is 11.1. The summed E-state index contributed by atoms with van der Waals surface area (Å²) in [7, 11) is 0. The van der Waals surface area contributed by atoms with Crippen molar-refractivity contribution in [2.24, 2.45) is 5.92 Å². The summed E-state index contributed by atoms with van der Waals surface area (Å²) in [5.74, 6) is -2.50. The largest absolute Gasteiger partial charge is 0.481 e. The van der Waals surface area contributed by atoms with Gasteiger partial charge in [-0.15, -0.1) is 0 Å². The van der Waals surface area contributed by atoms with Crippen molar-refractivity contribution in [1.82, 2.24) is 0 Å². The standard InChI is InChI=1S/C16H13ClO4/c17-12-6-2-4-9-3-1-5-10(15(9)12)14-7-13(18)11(8-21-14)16(19)20/h1-6,11,14H,7-8H2,(H,19,20). The Morgan fingerprint density at radius 3 is 2.62 bits per heavy atom. The highest BCUT2D eigenvalue weighted by molar-refractivity contribution is 6.35. The molecule has 3 rings (SSSR count). The molecule has 4 nitrogen and oxygen atoms in total. The maximum atomic E-state index is 11.9. The number of benzene rings is 2. The van der Waals surface area contributed by atoms with Gasteiger partial charge in [0.1, 0.15) is 5.92 Å². The van der Waals surface area contributed by atoms with Crippen molar-refractivity contribution in [3.05, 3.63) is 47.0 Å². The molecule has 5 heteroatoms. The Morgan fingerprint density at radius 2 is 1.95 bits per heavy atom. The van der Waals surface area contributed by atoms with Gasteiger partial charge in [-0.2, -0.15) is 0 Å². The number of carbonyl (C=O) groups is 2. The molecule has 1 fully saturated rings. The molecular weight excluding hydrogens is 292 g/mol. The SMILES string of the molecule is O=C(O)C1COC(c2cccc3cccc(Cl)c23)CC1=O. The number of carboxylic acids is 1. The molecule has 0 bridgehead atoms. The molecule has 0 saturated carbocycles. The molecular formula is C16H13ClO4. The minimum Gasteiger partial charge on any atom is -0.481 e. The Balaban J connectivity index is 1.99. The number of carbonyl (C=O) groups excluding carboxylic acids is 1. The van der Waals surface area contributed by atoms with Crippen LogP contribution in [-0.4, -0.2) is 23.5 Å². The zero-order chi connectivity index (χ0) is 15.0. The van der Waals surface area contributed by atoms with E-state index in [1.54, 1.807) is 6.07 Å². The molecule has 0 spiro atoms. The van der Waals surface area contributed by atoms with Crippen LogP contribution in [0.1, 0.15) is 18.1 Å². The molecule has 21 heavy (non-hydrogen) atoms. The first-order valence-electron chi connectivity index (χ1n) is 6.62. The third-order valence-electron chi connectivity index (χ3n) is 3.77. The molecule has 0 radical (unpaired) electrons. The van der Waals surface area contributed by atoms with Crippen molar-refractivity contribution in [2.75, 3.05) is 6.61 Å². The summed E-state index contributed by atoms with van der Waals surface area (Å²) < 4.78 is 5.61. The first-order chi connectivity index (χ1) is 10.1. The van der Waals surface area contributed by atoms with Crippen molar-refractivity contribution in [1.29, 1.82) is 0 Å². The quantitative estimate of drug-likeness (QED) is 0.865.